The van der Waals surface area contributed by atoms with Crippen LogP contribution >= 0.6 is 0 Å². The van der Waals surface area contributed by atoms with Gasteiger partial charge in [-0.15, -0.1) is 0 Å². The summed E-state index contributed by atoms with van der Waals surface area (Å²) in [5.74, 6) is -0.728. The number of likely N-dealkylation sites (tertiary alicyclic amines) is 1. The molecule has 4 aliphatic rings. The molecule has 31 heavy (non-hydrogen) atoms. The molecule has 0 aromatic carbocycles. The molecule has 2 bridgehead atoms. The lowest BCUT2D eigenvalue weighted by Gasteiger charge is -2.39. The Bertz CT molecular complexity index is 974. The maximum absolute atomic E-state index is 13.7. The second kappa shape index (κ2) is 7.93. The molecule has 1 aliphatic carbocycles. The topological polar surface area (TPSA) is 82.8 Å². The van der Waals surface area contributed by atoms with Crippen molar-refractivity contribution in [2.45, 2.75) is 57.7 Å². The van der Waals surface area contributed by atoms with E-state index in [9.17, 15) is 19.5 Å². The van der Waals surface area contributed by atoms with Gasteiger partial charge in [0.1, 0.15) is 0 Å². The number of aromatic nitrogens is 1. The number of nitrogens with zero attached hydrogens (tertiary/aromatic N) is 3. The van der Waals surface area contributed by atoms with Gasteiger partial charge in [-0.1, -0.05) is 12.2 Å². The second-order valence-corrected chi connectivity index (χ2v) is 9.42. The van der Waals surface area contributed by atoms with Crippen molar-refractivity contribution in [1.29, 1.82) is 0 Å². The summed E-state index contributed by atoms with van der Waals surface area (Å²) in [7, 11) is 0. The van der Waals surface area contributed by atoms with Crippen molar-refractivity contribution < 1.29 is 14.7 Å². The first-order chi connectivity index (χ1) is 15.1. The summed E-state index contributed by atoms with van der Waals surface area (Å²) >= 11 is 0. The van der Waals surface area contributed by atoms with Crippen LogP contribution in [0.3, 0.4) is 0 Å². The highest BCUT2D eigenvalue weighted by molar-refractivity contribution is 5.86. The zero-order valence-electron chi connectivity index (χ0n) is 18.1. The van der Waals surface area contributed by atoms with Gasteiger partial charge in [-0.05, 0) is 51.2 Å². The van der Waals surface area contributed by atoms with E-state index < -0.39 is 12.0 Å². The van der Waals surface area contributed by atoms with Gasteiger partial charge in [-0.25, -0.2) is 0 Å². The lowest BCUT2D eigenvalue weighted by atomic mass is 9.85. The third-order valence-corrected chi connectivity index (χ3v) is 7.55. The number of aliphatic hydroxyl groups is 1. The number of carbonyl (C=O) groups is 2. The molecule has 166 valence electrons. The minimum absolute atomic E-state index is 0.0220. The van der Waals surface area contributed by atoms with Gasteiger partial charge in [0.05, 0.1) is 18.0 Å². The van der Waals surface area contributed by atoms with Gasteiger partial charge in [0.2, 0.25) is 11.8 Å². The number of hydrogen-bond acceptors (Lipinski definition) is 4. The minimum Gasteiger partial charge on any atom is -0.396 e. The molecular weight excluding hydrogens is 394 g/mol. The zero-order valence-corrected chi connectivity index (χ0v) is 18.1. The number of aliphatic hydroxyl groups excluding tert-OH is 1. The lowest BCUT2D eigenvalue weighted by molar-refractivity contribution is -0.141. The fourth-order valence-corrected chi connectivity index (χ4v) is 5.88. The lowest BCUT2D eigenvalue weighted by Crippen LogP contribution is -2.50. The summed E-state index contributed by atoms with van der Waals surface area (Å²) in [5, 5.41) is 10.4. The van der Waals surface area contributed by atoms with E-state index in [1.54, 1.807) is 16.7 Å². The van der Waals surface area contributed by atoms with Crippen LogP contribution in [0.25, 0.3) is 6.08 Å². The Morgan fingerprint density at radius 3 is 2.52 bits per heavy atom. The molecule has 3 aliphatic heterocycles. The SMILES string of the molecule is C/C=C\c1ccc2n(c1=O)C[C@@H]1[C@@H](CO)[C@H](C(=O)N3CCCCC3)[C@H]2N1C(=O)C1CC1. The normalized spacial score (nSPS) is 30.0. The Hall–Kier alpha value is -2.41. The van der Waals surface area contributed by atoms with Crippen LogP contribution in [0.15, 0.2) is 23.0 Å². The number of piperidine rings is 1. The molecule has 4 heterocycles. The van der Waals surface area contributed by atoms with Crippen molar-refractivity contribution >= 4 is 17.9 Å². The Kier molecular flexibility index (Phi) is 5.24. The van der Waals surface area contributed by atoms with Crippen molar-refractivity contribution in [3.63, 3.8) is 0 Å². The van der Waals surface area contributed by atoms with Crippen molar-refractivity contribution in [3.05, 3.63) is 39.8 Å². The standard InChI is InChI=1S/C24H31N3O4/c1-2-6-15-9-10-18-21-20(24(31)25-11-4-3-5-12-25)17(14-28)19(13-26(18)22(15)29)27(21)23(30)16-7-8-16/h2,6,9-10,16-17,19-21,28H,3-5,7-8,11-14H2,1H3/b6-2-/t17-,19-,20+,21+/m1/s1. The molecule has 3 fully saturated rings. The van der Waals surface area contributed by atoms with Crippen molar-refractivity contribution in [3.8, 4) is 0 Å². The highest BCUT2D eigenvalue weighted by Crippen LogP contribution is 2.51. The monoisotopic (exact) mass is 425 g/mol. The van der Waals surface area contributed by atoms with Gasteiger partial charge in [0.25, 0.3) is 5.56 Å². The number of hydrogen-bond donors (Lipinski definition) is 1. The first-order valence-electron chi connectivity index (χ1n) is 11.6. The zero-order chi connectivity index (χ0) is 21.7. The number of allylic oxidation sites excluding steroid dienone is 1. The Morgan fingerprint density at radius 2 is 1.87 bits per heavy atom. The number of rotatable bonds is 4. The molecule has 7 nitrogen and oxygen atoms in total. The van der Waals surface area contributed by atoms with E-state index in [2.05, 4.69) is 0 Å². The third kappa shape index (κ3) is 3.25. The molecular formula is C24H31N3O4. The Balaban J connectivity index is 1.62. The van der Waals surface area contributed by atoms with Gasteiger partial charge in [0, 0.05) is 49.3 Å². The summed E-state index contributed by atoms with van der Waals surface area (Å²) in [4.78, 5) is 44.0. The van der Waals surface area contributed by atoms with Gasteiger partial charge in [0.15, 0.2) is 0 Å². The first kappa shape index (κ1) is 20.5. The maximum atomic E-state index is 13.7. The second-order valence-electron chi connectivity index (χ2n) is 9.42. The fraction of sp³-hybridized carbons (Fsp3) is 0.625. The van der Waals surface area contributed by atoms with Gasteiger partial charge in [-0.2, -0.15) is 0 Å². The maximum Gasteiger partial charge on any atom is 0.258 e. The highest BCUT2D eigenvalue weighted by atomic mass is 16.3. The summed E-state index contributed by atoms with van der Waals surface area (Å²) in [6.45, 7) is 3.51. The quantitative estimate of drug-likeness (QED) is 0.797. The summed E-state index contributed by atoms with van der Waals surface area (Å²) < 4.78 is 1.74. The van der Waals surface area contributed by atoms with E-state index in [1.807, 2.05) is 28.9 Å². The molecule has 0 radical (unpaired) electrons. The number of amides is 2. The Morgan fingerprint density at radius 1 is 1.13 bits per heavy atom. The molecule has 2 saturated heterocycles. The van der Waals surface area contributed by atoms with Crippen LogP contribution in [0.2, 0.25) is 0 Å². The smallest absolute Gasteiger partial charge is 0.258 e. The summed E-state index contributed by atoms with van der Waals surface area (Å²) in [6.07, 6.45) is 8.50. The van der Waals surface area contributed by atoms with Crippen molar-refractivity contribution in [1.82, 2.24) is 14.4 Å². The predicted octanol–water partition coefficient (Wildman–Crippen LogP) is 1.79. The molecule has 7 heteroatoms. The number of pyridine rings is 1. The third-order valence-electron chi connectivity index (χ3n) is 7.55. The van der Waals surface area contributed by atoms with Crippen molar-refractivity contribution in [2.24, 2.45) is 17.8 Å². The fourth-order valence-electron chi connectivity index (χ4n) is 5.88. The minimum atomic E-state index is -0.503. The van der Waals surface area contributed by atoms with E-state index in [4.69, 9.17) is 0 Å². The van der Waals surface area contributed by atoms with E-state index in [-0.39, 0.29) is 41.9 Å². The number of fused-ring (bicyclic) bond motifs is 4. The van der Waals surface area contributed by atoms with E-state index >= 15 is 0 Å². The first-order valence-corrected chi connectivity index (χ1v) is 11.6. The van der Waals surface area contributed by atoms with Crippen molar-refractivity contribution in [2.75, 3.05) is 19.7 Å². The van der Waals surface area contributed by atoms with Crippen LogP contribution in [0.1, 0.15) is 56.3 Å². The molecule has 4 atom stereocenters. The molecule has 2 amide bonds. The molecule has 5 rings (SSSR count). The average Bonchev–Trinajstić information content (AvgIpc) is 3.61. The molecule has 0 spiro atoms. The highest BCUT2D eigenvalue weighted by Gasteiger charge is 2.59. The summed E-state index contributed by atoms with van der Waals surface area (Å²) in [5.41, 5.74) is 1.24. The molecule has 1 aromatic heterocycles. The molecule has 1 N–H and O–H groups in total. The number of carbonyl (C=O) groups excluding carboxylic acids is 2. The Labute approximate surface area is 182 Å². The van der Waals surface area contributed by atoms with Crippen LogP contribution in [0.4, 0.5) is 0 Å². The summed E-state index contributed by atoms with van der Waals surface area (Å²) in [6, 6.07) is 2.89. The average molecular weight is 426 g/mol. The molecule has 1 saturated carbocycles. The van der Waals surface area contributed by atoms with Crippen LogP contribution < -0.4 is 5.56 Å². The van der Waals surface area contributed by atoms with E-state index in [0.29, 0.717) is 12.1 Å². The van der Waals surface area contributed by atoms with Crippen LogP contribution in [0, 0.1) is 17.8 Å². The van der Waals surface area contributed by atoms with Gasteiger partial charge < -0.3 is 19.5 Å². The van der Waals surface area contributed by atoms with E-state index in [0.717, 1.165) is 50.9 Å². The predicted molar refractivity (Wildman–Crippen MR) is 116 cm³/mol. The van der Waals surface area contributed by atoms with Crippen LogP contribution in [-0.4, -0.2) is 57.0 Å². The van der Waals surface area contributed by atoms with Gasteiger partial charge in [-0.3, -0.25) is 14.4 Å². The molecule has 1 aromatic rings. The van der Waals surface area contributed by atoms with Crippen LogP contribution in [-0.2, 0) is 16.1 Å². The largest absolute Gasteiger partial charge is 0.396 e. The molecule has 0 unspecified atom stereocenters. The van der Waals surface area contributed by atoms with E-state index in [1.165, 1.54) is 0 Å². The van der Waals surface area contributed by atoms with Crippen LogP contribution in [0.5, 0.6) is 0 Å². The van der Waals surface area contributed by atoms with Gasteiger partial charge >= 0.3 is 0 Å².